The standard InChI is InChI=1S/C16H16O5.C9H8O2/c1-8(2)3-4-10(17)9-7-13(20)14-11(18)5-6-12(19)15(14)16(9)21;10-9(11)7-6-8-4-2-1-3-5-8/h3,5-7,10,17-19H,4H2,1-2H3;1-7H,(H,10,11)/b;7-6+/t10-;/m1./s1. The zero-order chi connectivity index (χ0) is 23.8. The van der Waals surface area contributed by atoms with Crippen molar-refractivity contribution in [1.29, 1.82) is 0 Å². The summed E-state index contributed by atoms with van der Waals surface area (Å²) < 4.78 is 0. The lowest BCUT2D eigenvalue weighted by Crippen LogP contribution is -2.25. The van der Waals surface area contributed by atoms with E-state index in [4.69, 9.17) is 5.11 Å². The molecule has 3 rings (SSSR count). The van der Waals surface area contributed by atoms with Gasteiger partial charge in [-0.3, -0.25) is 9.59 Å². The highest BCUT2D eigenvalue weighted by molar-refractivity contribution is 6.26. The summed E-state index contributed by atoms with van der Waals surface area (Å²) in [6, 6.07) is 11.6. The van der Waals surface area contributed by atoms with Gasteiger partial charge in [0.05, 0.1) is 17.2 Å². The third-order valence-electron chi connectivity index (χ3n) is 4.51. The van der Waals surface area contributed by atoms with Crippen LogP contribution in [0, 0.1) is 0 Å². The van der Waals surface area contributed by atoms with E-state index in [1.807, 2.05) is 44.2 Å². The molecule has 1 aliphatic rings. The number of aliphatic hydroxyl groups is 1. The lowest BCUT2D eigenvalue weighted by molar-refractivity contribution is -0.131. The van der Waals surface area contributed by atoms with Crippen molar-refractivity contribution in [3.05, 3.63) is 88.5 Å². The van der Waals surface area contributed by atoms with Crippen molar-refractivity contribution in [2.24, 2.45) is 0 Å². The summed E-state index contributed by atoms with van der Waals surface area (Å²) in [7, 11) is 0. The molecule has 0 spiro atoms. The molecule has 1 aliphatic carbocycles. The van der Waals surface area contributed by atoms with E-state index in [0.29, 0.717) is 0 Å². The van der Waals surface area contributed by atoms with Gasteiger partial charge in [-0.05, 0) is 50.1 Å². The van der Waals surface area contributed by atoms with Gasteiger partial charge in [-0.1, -0.05) is 42.0 Å². The monoisotopic (exact) mass is 436 g/mol. The SMILES string of the molecule is CC(C)=CC[C@@H](O)C1=CC(=O)c2c(O)ccc(O)c2C1=O.O=C(O)/C=C/c1ccccc1. The number of carboxylic acids is 1. The number of aliphatic carboxylic acids is 1. The molecular formula is C25H24O7. The fourth-order valence-corrected chi connectivity index (χ4v) is 2.94. The summed E-state index contributed by atoms with van der Waals surface area (Å²) in [5, 5.41) is 37.8. The van der Waals surface area contributed by atoms with Gasteiger partial charge in [0.2, 0.25) is 0 Å². The molecule has 0 aromatic heterocycles. The smallest absolute Gasteiger partial charge is 0.328 e. The highest BCUT2D eigenvalue weighted by Crippen LogP contribution is 2.35. The third-order valence-corrected chi connectivity index (χ3v) is 4.51. The fourth-order valence-electron chi connectivity index (χ4n) is 2.94. The van der Waals surface area contributed by atoms with Gasteiger partial charge in [-0.25, -0.2) is 4.79 Å². The minimum absolute atomic E-state index is 0.0779. The molecule has 0 heterocycles. The summed E-state index contributed by atoms with van der Waals surface area (Å²) in [6.07, 6.45) is 4.51. The Labute approximate surface area is 185 Å². The zero-order valence-corrected chi connectivity index (χ0v) is 17.6. The molecule has 0 aliphatic heterocycles. The number of hydrogen-bond acceptors (Lipinski definition) is 6. The van der Waals surface area contributed by atoms with Crippen molar-refractivity contribution in [2.45, 2.75) is 26.4 Å². The van der Waals surface area contributed by atoms with Crippen molar-refractivity contribution in [3.8, 4) is 11.5 Å². The Hall–Kier alpha value is -3.97. The van der Waals surface area contributed by atoms with Crippen LogP contribution in [0.15, 0.2) is 71.8 Å². The number of phenolic OH excluding ortho intramolecular Hbond substituents is 2. The van der Waals surface area contributed by atoms with Crippen LogP contribution in [-0.4, -0.2) is 44.1 Å². The topological polar surface area (TPSA) is 132 Å². The number of hydrogen-bond donors (Lipinski definition) is 4. The van der Waals surface area contributed by atoms with Gasteiger partial charge in [-0.2, -0.15) is 0 Å². The van der Waals surface area contributed by atoms with Crippen LogP contribution in [0.1, 0.15) is 46.5 Å². The van der Waals surface area contributed by atoms with Crippen molar-refractivity contribution >= 4 is 23.6 Å². The Morgan fingerprint density at radius 2 is 1.56 bits per heavy atom. The molecule has 0 bridgehead atoms. The number of Topliss-reactive ketones (excluding diaryl/α,β-unsaturated/α-hetero) is 1. The Balaban J connectivity index is 0.000000278. The maximum atomic E-state index is 12.3. The summed E-state index contributed by atoms with van der Waals surface area (Å²) in [4.78, 5) is 34.5. The maximum Gasteiger partial charge on any atom is 0.328 e. The van der Waals surface area contributed by atoms with Crippen molar-refractivity contribution < 1.29 is 34.8 Å². The normalized spacial score (nSPS) is 13.5. The summed E-state index contributed by atoms with van der Waals surface area (Å²) in [6.45, 7) is 3.71. The molecule has 1 atom stereocenters. The Bertz CT molecular complexity index is 1100. The third kappa shape index (κ3) is 6.26. The van der Waals surface area contributed by atoms with Crippen LogP contribution in [0.4, 0.5) is 0 Å². The average Bonchev–Trinajstić information content (AvgIpc) is 2.75. The molecule has 2 aromatic rings. The van der Waals surface area contributed by atoms with Gasteiger partial charge < -0.3 is 20.4 Å². The zero-order valence-electron chi connectivity index (χ0n) is 17.6. The fraction of sp³-hybridized carbons (Fsp3) is 0.160. The summed E-state index contributed by atoms with van der Waals surface area (Å²) >= 11 is 0. The van der Waals surface area contributed by atoms with Crippen LogP contribution >= 0.6 is 0 Å². The van der Waals surface area contributed by atoms with Gasteiger partial charge in [0.1, 0.15) is 11.5 Å². The quantitative estimate of drug-likeness (QED) is 0.317. The van der Waals surface area contributed by atoms with Crippen LogP contribution in [0.3, 0.4) is 0 Å². The second kappa shape index (κ2) is 10.9. The number of aliphatic hydroxyl groups excluding tert-OH is 1. The number of allylic oxidation sites excluding steroid dienone is 2. The molecule has 32 heavy (non-hydrogen) atoms. The molecule has 0 unspecified atom stereocenters. The predicted octanol–water partition coefficient (Wildman–Crippen LogP) is 3.90. The number of carbonyl (C=O) groups is 3. The van der Waals surface area contributed by atoms with E-state index in [-0.39, 0.29) is 34.6 Å². The largest absolute Gasteiger partial charge is 0.507 e. The van der Waals surface area contributed by atoms with Crippen LogP contribution in [0.25, 0.3) is 6.08 Å². The molecular weight excluding hydrogens is 412 g/mol. The van der Waals surface area contributed by atoms with E-state index in [1.54, 1.807) is 12.2 Å². The number of phenols is 2. The first-order chi connectivity index (χ1) is 15.1. The second-order valence-electron chi connectivity index (χ2n) is 7.26. The average molecular weight is 436 g/mol. The van der Waals surface area contributed by atoms with Crippen LogP contribution < -0.4 is 0 Å². The second-order valence-corrected chi connectivity index (χ2v) is 7.26. The molecule has 0 radical (unpaired) electrons. The van der Waals surface area contributed by atoms with Crippen molar-refractivity contribution in [3.63, 3.8) is 0 Å². The minimum atomic E-state index is -1.13. The van der Waals surface area contributed by atoms with Crippen LogP contribution in [0.2, 0.25) is 0 Å². The van der Waals surface area contributed by atoms with Gasteiger partial charge >= 0.3 is 5.97 Å². The first kappa shape index (κ1) is 24.3. The van der Waals surface area contributed by atoms with Crippen LogP contribution in [-0.2, 0) is 4.79 Å². The highest BCUT2D eigenvalue weighted by atomic mass is 16.4. The first-order valence-electron chi connectivity index (χ1n) is 9.74. The predicted molar refractivity (Wildman–Crippen MR) is 120 cm³/mol. The van der Waals surface area contributed by atoms with Crippen molar-refractivity contribution in [1.82, 2.24) is 0 Å². The van der Waals surface area contributed by atoms with E-state index in [0.717, 1.165) is 35.4 Å². The lowest BCUT2D eigenvalue weighted by Gasteiger charge is -2.20. The first-order valence-corrected chi connectivity index (χ1v) is 9.74. The van der Waals surface area contributed by atoms with Gasteiger partial charge in [-0.15, -0.1) is 0 Å². The Morgan fingerprint density at radius 1 is 0.969 bits per heavy atom. The van der Waals surface area contributed by atoms with Gasteiger partial charge in [0.15, 0.2) is 11.6 Å². The van der Waals surface area contributed by atoms with E-state index in [9.17, 15) is 29.7 Å². The molecule has 0 saturated carbocycles. The number of ketones is 2. The molecule has 0 amide bonds. The van der Waals surface area contributed by atoms with Crippen LogP contribution in [0.5, 0.6) is 11.5 Å². The van der Waals surface area contributed by atoms with E-state index >= 15 is 0 Å². The number of carbonyl (C=O) groups excluding carboxylic acids is 2. The molecule has 166 valence electrons. The van der Waals surface area contributed by atoms with E-state index < -0.39 is 23.6 Å². The summed E-state index contributed by atoms with van der Waals surface area (Å²) in [5.41, 5.74) is 1.32. The van der Waals surface area contributed by atoms with Gasteiger partial charge in [0.25, 0.3) is 0 Å². The van der Waals surface area contributed by atoms with E-state index in [2.05, 4.69) is 0 Å². The van der Waals surface area contributed by atoms with E-state index in [1.165, 1.54) is 0 Å². The molecule has 0 saturated heterocycles. The summed E-state index contributed by atoms with van der Waals surface area (Å²) in [5.74, 6) is -2.93. The maximum absolute atomic E-state index is 12.3. The number of fused-ring (bicyclic) bond motifs is 1. The molecule has 0 fully saturated rings. The van der Waals surface area contributed by atoms with Crippen molar-refractivity contribution in [2.75, 3.05) is 0 Å². The lowest BCUT2D eigenvalue weighted by atomic mass is 9.85. The minimum Gasteiger partial charge on any atom is -0.507 e. The Morgan fingerprint density at radius 3 is 2.12 bits per heavy atom. The number of carboxylic acid groups (broad SMARTS) is 1. The highest BCUT2D eigenvalue weighted by Gasteiger charge is 2.33. The Kier molecular flexibility index (Phi) is 8.26. The van der Waals surface area contributed by atoms with Gasteiger partial charge in [0, 0.05) is 11.6 Å². The number of rotatable bonds is 5. The molecule has 4 N–H and O–H groups in total. The number of aromatic hydroxyl groups is 2. The molecule has 7 nitrogen and oxygen atoms in total. The molecule has 2 aromatic carbocycles. The number of benzene rings is 2. The molecule has 7 heteroatoms.